The van der Waals surface area contributed by atoms with E-state index in [-0.39, 0.29) is 22.1 Å². The van der Waals surface area contributed by atoms with Gasteiger partial charge in [-0.25, -0.2) is 4.39 Å². The fourth-order valence-corrected chi connectivity index (χ4v) is 3.31. The number of thiophene rings is 1. The number of nitrogens with zero attached hydrogens (tertiary/aromatic N) is 1. The van der Waals surface area contributed by atoms with Gasteiger partial charge in [0.15, 0.2) is 17.4 Å². The minimum absolute atomic E-state index is 0.166. The number of anilines is 1. The van der Waals surface area contributed by atoms with Crippen LogP contribution >= 0.6 is 23.6 Å². The van der Waals surface area contributed by atoms with Gasteiger partial charge in [-0.1, -0.05) is 30.4 Å². The average molecular weight is 370 g/mol. The zero-order valence-electron chi connectivity index (χ0n) is 13.4. The van der Waals surface area contributed by atoms with Crippen molar-refractivity contribution in [1.82, 2.24) is 0 Å². The molecule has 0 unspecified atom stereocenters. The van der Waals surface area contributed by atoms with E-state index in [1.54, 1.807) is 35.0 Å². The van der Waals surface area contributed by atoms with Crippen molar-refractivity contribution in [3.63, 3.8) is 0 Å². The van der Waals surface area contributed by atoms with Crippen LogP contribution in [0.15, 0.2) is 66.3 Å². The predicted molar refractivity (Wildman–Crippen MR) is 101 cm³/mol. The second-order valence-electron chi connectivity index (χ2n) is 5.38. The minimum atomic E-state index is -0.429. The van der Waals surface area contributed by atoms with Crippen molar-refractivity contribution in [2.45, 2.75) is 6.92 Å². The van der Waals surface area contributed by atoms with Gasteiger partial charge < -0.3 is 10.4 Å². The number of nitrogens with one attached hydrogen (secondary N) is 1. The van der Waals surface area contributed by atoms with E-state index in [0.29, 0.717) is 4.88 Å². The number of aryl methyl sites for hydroxylation is 1. The maximum Gasteiger partial charge on any atom is 0.239 e. The molecule has 0 amide bonds. The lowest BCUT2D eigenvalue weighted by molar-refractivity contribution is -0.578. The molecular weight excluding hydrogens is 355 g/mol. The number of para-hydroxylation sites is 1. The molecule has 6 heteroatoms. The molecule has 2 heterocycles. The molecule has 0 saturated carbocycles. The molecule has 0 aliphatic rings. The SMILES string of the molecule is Cc1ccc[n+](C(C(=S)Nc2ccccc2F)=C([O-])c2cccs2)c1. The van der Waals surface area contributed by atoms with Crippen LogP contribution in [0, 0.1) is 12.7 Å². The van der Waals surface area contributed by atoms with E-state index >= 15 is 0 Å². The number of aromatic nitrogens is 1. The molecule has 0 spiro atoms. The Morgan fingerprint density at radius 3 is 2.64 bits per heavy atom. The number of benzene rings is 1. The molecule has 3 aromatic rings. The molecule has 0 radical (unpaired) electrons. The van der Waals surface area contributed by atoms with E-state index < -0.39 is 5.82 Å². The van der Waals surface area contributed by atoms with Gasteiger partial charge in [0.1, 0.15) is 5.82 Å². The minimum Gasteiger partial charge on any atom is -0.867 e. The third kappa shape index (κ3) is 3.92. The van der Waals surface area contributed by atoms with Gasteiger partial charge in [0, 0.05) is 16.5 Å². The molecule has 0 aliphatic carbocycles. The number of hydrogen-bond acceptors (Lipinski definition) is 3. The van der Waals surface area contributed by atoms with Crippen molar-refractivity contribution in [3.8, 4) is 0 Å². The topological polar surface area (TPSA) is 39.0 Å². The summed E-state index contributed by atoms with van der Waals surface area (Å²) in [4.78, 5) is 0.737. The fourth-order valence-electron chi connectivity index (χ4n) is 2.34. The lowest BCUT2D eigenvalue weighted by Gasteiger charge is -2.16. The van der Waals surface area contributed by atoms with Crippen molar-refractivity contribution in [3.05, 3.63) is 82.6 Å². The molecule has 126 valence electrons. The van der Waals surface area contributed by atoms with Crippen molar-refractivity contribution in [2.24, 2.45) is 0 Å². The van der Waals surface area contributed by atoms with E-state index in [1.807, 2.05) is 36.7 Å². The summed E-state index contributed by atoms with van der Waals surface area (Å²) in [6.45, 7) is 1.93. The summed E-state index contributed by atoms with van der Waals surface area (Å²) < 4.78 is 15.6. The van der Waals surface area contributed by atoms with Crippen LogP contribution in [0.2, 0.25) is 0 Å². The molecular formula is C19H15FN2OS2. The maximum atomic E-state index is 13.9. The standard InChI is InChI=1S/C19H15FN2OS2/c1-13-6-4-10-22(12-13)17(18(23)16-9-5-11-25-16)19(24)21-15-8-3-2-7-14(15)20/h2-12H,1H3,(H-,21,23,24). The molecule has 0 atom stereocenters. The molecule has 0 aliphatic heterocycles. The number of thiocarbonyl (C=S) groups is 1. The van der Waals surface area contributed by atoms with E-state index in [1.165, 1.54) is 17.4 Å². The largest absolute Gasteiger partial charge is 0.867 e. The van der Waals surface area contributed by atoms with Gasteiger partial charge in [0.2, 0.25) is 5.70 Å². The van der Waals surface area contributed by atoms with Crippen LogP contribution in [-0.4, -0.2) is 4.99 Å². The van der Waals surface area contributed by atoms with Crippen LogP contribution in [0.25, 0.3) is 11.5 Å². The Labute approximate surface area is 154 Å². The number of pyridine rings is 1. The highest BCUT2D eigenvalue weighted by atomic mass is 32.1. The van der Waals surface area contributed by atoms with Crippen LogP contribution in [0.1, 0.15) is 10.4 Å². The third-order valence-corrected chi connectivity index (χ3v) is 4.67. The van der Waals surface area contributed by atoms with Crippen molar-refractivity contribution >= 4 is 45.7 Å². The van der Waals surface area contributed by atoms with Crippen LogP contribution < -0.4 is 15.0 Å². The van der Waals surface area contributed by atoms with E-state index in [2.05, 4.69) is 5.32 Å². The van der Waals surface area contributed by atoms with Gasteiger partial charge >= 0.3 is 0 Å². The van der Waals surface area contributed by atoms with Crippen LogP contribution in [0.5, 0.6) is 0 Å². The highest BCUT2D eigenvalue weighted by Crippen LogP contribution is 2.21. The summed E-state index contributed by atoms with van der Waals surface area (Å²) in [5.41, 5.74) is 1.49. The molecule has 0 bridgehead atoms. The van der Waals surface area contributed by atoms with E-state index in [0.717, 1.165) is 5.56 Å². The number of hydrogen-bond donors (Lipinski definition) is 1. The summed E-state index contributed by atoms with van der Waals surface area (Å²) in [7, 11) is 0. The average Bonchev–Trinajstić information content (AvgIpc) is 3.12. The normalized spacial score (nSPS) is 11.8. The Hall–Kier alpha value is -2.57. The zero-order chi connectivity index (χ0) is 17.8. The van der Waals surface area contributed by atoms with Gasteiger partial charge in [-0.2, -0.15) is 4.57 Å². The Kier molecular flexibility index (Phi) is 5.21. The summed E-state index contributed by atoms with van der Waals surface area (Å²) in [6, 6.07) is 13.5. The molecule has 2 aromatic heterocycles. The van der Waals surface area contributed by atoms with E-state index in [4.69, 9.17) is 12.2 Å². The van der Waals surface area contributed by atoms with E-state index in [9.17, 15) is 9.50 Å². The molecule has 1 N–H and O–H groups in total. The molecule has 1 aromatic carbocycles. The number of rotatable bonds is 4. The predicted octanol–water partition coefficient (Wildman–Crippen LogP) is 3.61. The second-order valence-corrected chi connectivity index (χ2v) is 6.73. The Bertz CT molecular complexity index is 936. The monoisotopic (exact) mass is 370 g/mol. The molecule has 0 fully saturated rings. The van der Waals surface area contributed by atoms with Gasteiger partial charge in [-0.05, 0) is 42.3 Å². The highest BCUT2D eigenvalue weighted by Gasteiger charge is 2.20. The summed E-state index contributed by atoms with van der Waals surface area (Å²) >= 11 is 6.78. The lowest BCUT2D eigenvalue weighted by Crippen LogP contribution is -2.40. The molecule has 3 rings (SSSR count). The zero-order valence-corrected chi connectivity index (χ0v) is 15.0. The van der Waals surface area contributed by atoms with Gasteiger partial charge in [-0.3, -0.25) is 0 Å². The Balaban J connectivity index is 2.07. The third-order valence-electron chi connectivity index (χ3n) is 3.50. The first-order valence-corrected chi connectivity index (χ1v) is 8.84. The molecule has 25 heavy (non-hydrogen) atoms. The quantitative estimate of drug-likeness (QED) is 0.330. The summed E-state index contributed by atoms with van der Waals surface area (Å²) in [6.07, 6.45) is 3.57. The van der Waals surface area contributed by atoms with Gasteiger partial charge in [0.25, 0.3) is 0 Å². The maximum absolute atomic E-state index is 13.9. The Morgan fingerprint density at radius 2 is 1.96 bits per heavy atom. The smallest absolute Gasteiger partial charge is 0.239 e. The van der Waals surface area contributed by atoms with Gasteiger partial charge in [0.05, 0.1) is 5.69 Å². The first kappa shape index (κ1) is 17.3. The second kappa shape index (κ2) is 7.55. The number of halogens is 1. The van der Waals surface area contributed by atoms with Crippen molar-refractivity contribution in [2.75, 3.05) is 5.32 Å². The Morgan fingerprint density at radius 1 is 1.16 bits per heavy atom. The lowest BCUT2D eigenvalue weighted by atomic mass is 10.2. The van der Waals surface area contributed by atoms with Crippen LogP contribution in [0.4, 0.5) is 10.1 Å². The van der Waals surface area contributed by atoms with Crippen molar-refractivity contribution < 1.29 is 14.1 Å². The molecule has 3 nitrogen and oxygen atoms in total. The summed E-state index contributed by atoms with van der Waals surface area (Å²) in [5, 5.41) is 17.7. The van der Waals surface area contributed by atoms with Crippen LogP contribution in [-0.2, 0) is 0 Å². The first-order valence-electron chi connectivity index (χ1n) is 7.55. The highest BCUT2D eigenvalue weighted by molar-refractivity contribution is 7.81. The first-order chi connectivity index (χ1) is 12.1. The molecule has 0 saturated heterocycles. The fraction of sp³-hybridized carbons (Fsp3) is 0.0526. The van der Waals surface area contributed by atoms with Gasteiger partial charge in [-0.15, -0.1) is 11.3 Å². The summed E-state index contributed by atoms with van der Waals surface area (Å²) in [5.74, 6) is -0.638. The van der Waals surface area contributed by atoms with Crippen LogP contribution in [0.3, 0.4) is 0 Å². The van der Waals surface area contributed by atoms with Crippen molar-refractivity contribution in [1.29, 1.82) is 0 Å².